The van der Waals surface area contributed by atoms with E-state index >= 15 is 0 Å². The Hall–Kier alpha value is -3.35. The molecule has 7 heteroatoms. The molecule has 0 atom stereocenters. The Bertz CT molecular complexity index is 828. The topological polar surface area (TPSA) is 88.1 Å². The van der Waals surface area contributed by atoms with Crippen molar-refractivity contribution in [3.8, 4) is 17.2 Å². The second-order valence-corrected chi connectivity index (χ2v) is 5.51. The van der Waals surface area contributed by atoms with Crippen molar-refractivity contribution in [1.82, 2.24) is 0 Å². The molecule has 27 heavy (non-hydrogen) atoms. The first-order valence-electron chi connectivity index (χ1n) is 8.00. The molecule has 0 saturated heterocycles. The van der Waals surface area contributed by atoms with Gasteiger partial charge in [0, 0.05) is 11.1 Å². The van der Waals surface area contributed by atoms with Gasteiger partial charge in [0.2, 0.25) is 5.75 Å². The van der Waals surface area contributed by atoms with Crippen molar-refractivity contribution in [3.63, 3.8) is 0 Å². The first-order chi connectivity index (χ1) is 12.9. The lowest BCUT2D eigenvalue weighted by molar-refractivity contribution is 0.0600. The average molecular weight is 372 g/mol. The van der Waals surface area contributed by atoms with Gasteiger partial charge >= 0.3 is 5.97 Å². The number of carbonyl (C=O) groups is 3. The van der Waals surface area contributed by atoms with Gasteiger partial charge in [-0.1, -0.05) is 12.1 Å². The van der Waals surface area contributed by atoms with Crippen LogP contribution in [0.3, 0.4) is 0 Å². The molecule has 0 aromatic heterocycles. The van der Waals surface area contributed by atoms with Crippen LogP contribution in [-0.4, -0.2) is 46.0 Å². The normalized spacial score (nSPS) is 10.1. The van der Waals surface area contributed by atoms with E-state index in [9.17, 15) is 14.4 Å². The number of ketones is 2. The van der Waals surface area contributed by atoms with Crippen molar-refractivity contribution >= 4 is 17.5 Å². The van der Waals surface area contributed by atoms with Crippen molar-refractivity contribution in [3.05, 3.63) is 53.1 Å². The fourth-order valence-corrected chi connectivity index (χ4v) is 2.50. The quantitative estimate of drug-likeness (QED) is 0.400. The van der Waals surface area contributed by atoms with Crippen LogP contribution in [0.4, 0.5) is 0 Å². The highest BCUT2D eigenvalue weighted by molar-refractivity contribution is 6.14. The van der Waals surface area contributed by atoms with E-state index in [0.717, 1.165) is 0 Å². The molecule has 0 aliphatic heterocycles. The molecule has 142 valence electrons. The number of Topliss-reactive ketones (excluding diaryl/α,β-unsaturated/α-hetero) is 2. The van der Waals surface area contributed by atoms with E-state index in [0.29, 0.717) is 28.4 Å². The maximum absolute atomic E-state index is 12.5. The van der Waals surface area contributed by atoms with Crippen LogP contribution in [0, 0.1) is 0 Å². The van der Waals surface area contributed by atoms with Gasteiger partial charge in [0.25, 0.3) is 0 Å². The fraction of sp³-hybridized carbons (Fsp3) is 0.250. The summed E-state index contributed by atoms with van der Waals surface area (Å²) >= 11 is 0. The number of hydrogen-bond donors (Lipinski definition) is 0. The van der Waals surface area contributed by atoms with Crippen molar-refractivity contribution in [2.75, 3.05) is 28.4 Å². The van der Waals surface area contributed by atoms with E-state index in [4.69, 9.17) is 14.2 Å². The summed E-state index contributed by atoms with van der Waals surface area (Å²) in [6.07, 6.45) is -0.337. The Morgan fingerprint density at radius 2 is 1.19 bits per heavy atom. The number of rotatable bonds is 8. The van der Waals surface area contributed by atoms with Gasteiger partial charge in [-0.25, -0.2) is 4.79 Å². The Morgan fingerprint density at radius 3 is 1.63 bits per heavy atom. The predicted molar refractivity (Wildman–Crippen MR) is 97.2 cm³/mol. The summed E-state index contributed by atoms with van der Waals surface area (Å²) in [6, 6.07) is 8.91. The van der Waals surface area contributed by atoms with Crippen LogP contribution in [0.5, 0.6) is 17.2 Å². The van der Waals surface area contributed by atoms with E-state index in [1.54, 1.807) is 0 Å². The molecule has 0 spiro atoms. The lowest BCUT2D eigenvalue weighted by Gasteiger charge is -2.13. The third-order valence-electron chi connectivity index (χ3n) is 3.94. The van der Waals surface area contributed by atoms with Crippen LogP contribution in [0.1, 0.15) is 37.5 Å². The number of benzene rings is 2. The summed E-state index contributed by atoms with van der Waals surface area (Å²) in [7, 11) is 5.62. The highest BCUT2D eigenvalue weighted by Crippen LogP contribution is 2.38. The van der Waals surface area contributed by atoms with Crippen LogP contribution in [0.2, 0.25) is 0 Å². The van der Waals surface area contributed by atoms with Crippen molar-refractivity contribution in [2.24, 2.45) is 0 Å². The van der Waals surface area contributed by atoms with E-state index in [-0.39, 0.29) is 17.8 Å². The molecule has 2 aromatic carbocycles. The molecule has 0 aliphatic carbocycles. The summed E-state index contributed by atoms with van der Waals surface area (Å²) in [5.41, 5.74) is 0.914. The highest BCUT2D eigenvalue weighted by atomic mass is 16.5. The maximum atomic E-state index is 12.5. The van der Waals surface area contributed by atoms with Crippen LogP contribution < -0.4 is 14.2 Å². The Morgan fingerprint density at radius 1 is 0.704 bits per heavy atom. The summed E-state index contributed by atoms with van der Waals surface area (Å²) in [5, 5.41) is 0. The van der Waals surface area contributed by atoms with E-state index in [1.165, 1.54) is 64.8 Å². The van der Waals surface area contributed by atoms with Gasteiger partial charge in [-0.2, -0.15) is 0 Å². The van der Waals surface area contributed by atoms with Gasteiger partial charge in [-0.3, -0.25) is 9.59 Å². The Kier molecular flexibility index (Phi) is 6.54. The molecule has 0 radical (unpaired) electrons. The molecule has 0 aliphatic rings. The maximum Gasteiger partial charge on any atom is 0.337 e. The van der Waals surface area contributed by atoms with Crippen LogP contribution in [0.25, 0.3) is 0 Å². The standard InChI is InChI=1S/C20H20O7/c1-24-17-9-14(10-18(25-2)19(17)26-3)16(22)11-15(21)12-5-7-13(8-6-12)20(23)27-4/h5-10H,11H2,1-4H3. The first kappa shape index (κ1) is 20.0. The molecule has 0 bridgehead atoms. The minimum Gasteiger partial charge on any atom is -0.493 e. The minimum absolute atomic E-state index is 0.268. The fourth-order valence-electron chi connectivity index (χ4n) is 2.50. The molecule has 0 amide bonds. The zero-order valence-corrected chi connectivity index (χ0v) is 15.5. The van der Waals surface area contributed by atoms with Gasteiger partial charge in [0.05, 0.1) is 40.4 Å². The molecule has 0 saturated carbocycles. The van der Waals surface area contributed by atoms with E-state index in [1.807, 2.05) is 0 Å². The van der Waals surface area contributed by atoms with Gasteiger partial charge in [0.15, 0.2) is 23.1 Å². The number of esters is 1. The summed E-state index contributed by atoms with van der Waals surface area (Å²) in [6.45, 7) is 0. The second-order valence-electron chi connectivity index (χ2n) is 5.51. The molecular weight excluding hydrogens is 352 g/mol. The molecule has 0 fully saturated rings. The lowest BCUT2D eigenvalue weighted by Crippen LogP contribution is -2.10. The second kappa shape index (κ2) is 8.84. The van der Waals surface area contributed by atoms with Crippen molar-refractivity contribution in [1.29, 1.82) is 0 Å². The van der Waals surface area contributed by atoms with Crippen LogP contribution >= 0.6 is 0 Å². The molecule has 0 heterocycles. The molecule has 0 unspecified atom stereocenters. The highest BCUT2D eigenvalue weighted by Gasteiger charge is 2.19. The average Bonchev–Trinajstić information content (AvgIpc) is 2.71. The molecular formula is C20H20O7. The minimum atomic E-state index is -0.498. The SMILES string of the molecule is COC(=O)c1ccc(C(=O)CC(=O)c2cc(OC)c(OC)c(OC)c2)cc1. The molecule has 2 rings (SSSR count). The third kappa shape index (κ3) is 4.44. The molecule has 0 N–H and O–H groups in total. The smallest absolute Gasteiger partial charge is 0.337 e. The number of methoxy groups -OCH3 is 4. The largest absolute Gasteiger partial charge is 0.493 e. The van der Waals surface area contributed by atoms with Crippen LogP contribution in [0.15, 0.2) is 36.4 Å². The van der Waals surface area contributed by atoms with E-state index < -0.39 is 11.8 Å². The van der Waals surface area contributed by atoms with Gasteiger partial charge in [-0.05, 0) is 24.3 Å². The number of hydrogen-bond acceptors (Lipinski definition) is 7. The Labute approximate surface area is 156 Å². The summed E-state index contributed by atoms with van der Waals surface area (Å²) < 4.78 is 20.3. The zero-order valence-electron chi connectivity index (χ0n) is 15.5. The monoisotopic (exact) mass is 372 g/mol. The number of ether oxygens (including phenoxy) is 4. The summed E-state index contributed by atoms with van der Waals surface area (Å²) in [5.74, 6) is -0.240. The summed E-state index contributed by atoms with van der Waals surface area (Å²) in [4.78, 5) is 36.4. The van der Waals surface area contributed by atoms with Crippen LogP contribution in [-0.2, 0) is 4.74 Å². The van der Waals surface area contributed by atoms with Gasteiger partial charge in [0.1, 0.15) is 0 Å². The van der Waals surface area contributed by atoms with Crippen molar-refractivity contribution < 1.29 is 33.3 Å². The van der Waals surface area contributed by atoms with Gasteiger partial charge < -0.3 is 18.9 Å². The zero-order chi connectivity index (χ0) is 20.0. The predicted octanol–water partition coefficient (Wildman–Crippen LogP) is 2.95. The number of carbonyl (C=O) groups excluding carboxylic acids is 3. The van der Waals surface area contributed by atoms with Gasteiger partial charge in [-0.15, -0.1) is 0 Å². The molecule has 2 aromatic rings. The van der Waals surface area contributed by atoms with E-state index in [2.05, 4.69) is 4.74 Å². The molecule has 7 nitrogen and oxygen atoms in total. The Balaban J connectivity index is 2.21. The lowest BCUT2D eigenvalue weighted by atomic mass is 10.00. The van der Waals surface area contributed by atoms with Crippen molar-refractivity contribution in [2.45, 2.75) is 6.42 Å². The third-order valence-corrected chi connectivity index (χ3v) is 3.94. The first-order valence-corrected chi connectivity index (χ1v) is 8.00.